The molecule has 25 heavy (non-hydrogen) atoms. The summed E-state index contributed by atoms with van der Waals surface area (Å²) < 4.78 is 0. The average Bonchev–Trinajstić information content (AvgIpc) is 3.05. The molecule has 1 rings (SSSR count). The molecule has 0 aliphatic heterocycles. The van der Waals surface area contributed by atoms with Crippen molar-refractivity contribution in [2.45, 2.75) is 40.6 Å². The largest absolute Gasteiger partial charge is 0.384 e. The number of nitrogens with zero attached hydrogens (tertiary/aromatic N) is 1. The van der Waals surface area contributed by atoms with Crippen LogP contribution in [0, 0.1) is 5.92 Å². The zero-order chi connectivity index (χ0) is 18.8. The second kappa shape index (κ2) is 10.8. The van der Waals surface area contributed by atoms with E-state index in [9.17, 15) is 0 Å². The summed E-state index contributed by atoms with van der Waals surface area (Å²) >= 11 is 0. The van der Waals surface area contributed by atoms with E-state index < -0.39 is 0 Å². The van der Waals surface area contributed by atoms with Crippen molar-refractivity contribution in [2.24, 2.45) is 5.92 Å². The van der Waals surface area contributed by atoms with Crippen molar-refractivity contribution >= 4 is 18.9 Å². The third-order valence-electron chi connectivity index (χ3n) is 4.08. The lowest BCUT2D eigenvalue weighted by Crippen LogP contribution is -2.24. The van der Waals surface area contributed by atoms with Crippen molar-refractivity contribution in [3.05, 3.63) is 53.4 Å². The molecule has 1 aromatic rings. The highest BCUT2D eigenvalue weighted by molar-refractivity contribution is 6.43. The van der Waals surface area contributed by atoms with Crippen LogP contribution in [0.4, 0.5) is 0 Å². The number of aromatic nitrogens is 2. The summed E-state index contributed by atoms with van der Waals surface area (Å²) in [6.45, 7) is 15.6. The predicted octanol–water partition coefficient (Wildman–Crippen LogP) is 3.56. The van der Waals surface area contributed by atoms with Gasteiger partial charge in [0, 0.05) is 29.9 Å². The maximum absolute atomic E-state index is 4.13. The van der Waals surface area contributed by atoms with Crippen LogP contribution in [0.25, 0.3) is 11.6 Å². The van der Waals surface area contributed by atoms with E-state index >= 15 is 0 Å². The number of hydrogen-bond acceptors (Lipinski definition) is 3. The summed E-state index contributed by atoms with van der Waals surface area (Å²) in [5.74, 6) is 0.515. The monoisotopic (exact) mass is 340 g/mol. The molecule has 0 aromatic carbocycles. The van der Waals surface area contributed by atoms with Crippen molar-refractivity contribution in [3.63, 3.8) is 0 Å². The van der Waals surface area contributed by atoms with Gasteiger partial charge in [-0.3, -0.25) is 5.10 Å². The standard InChI is InChI=1S/C20H33BN4/c1-8-17-13-24-25-20(17)19(11-22-7)12-23-16(5)18(9-14(2)3)10-15(4)21-6/h8-10,12-14,16,21-23H,1,11H2,2-7H3,(H,24,25)/b15-10+,18-9+,19-12+. The molecule has 1 unspecified atom stereocenters. The molecule has 0 saturated heterocycles. The third-order valence-corrected chi connectivity index (χ3v) is 4.08. The van der Waals surface area contributed by atoms with Crippen LogP contribution < -0.4 is 10.6 Å². The van der Waals surface area contributed by atoms with Gasteiger partial charge in [0.05, 0.1) is 11.9 Å². The Balaban J connectivity index is 3.05. The first-order chi connectivity index (χ1) is 11.9. The fourth-order valence-electron chi connectivity index (χ4n) is 2.52. The summed E-state index contributed by atoms with van der Waals surface area (Å²) in [6, 6.07) is 0.228. The molecule has 3 N–H and O–H groups in total. The Labute approximate surface area is 153 Å². The van der Waals surface area contributed by atoms with E-state index in [1.807, 2.05) is 13.1 Å². The van der Waals surface area contributed by atoms with E-state index in [1.54, 1.807) is 6.20 Å². The summed E-state index contributed by atoms with van der Waals surface area (Å²) in [4.78, 5) is 0. The first kappa shape index (κ1) is 21.0. The van der Waals surface area contributed by atoms with Gasteiger partial charge < -0.3 is 10.6 Å². The average molecular weight is 340 g/mol. The highest BCUT2D eigenvalue weighted by atomic mass is 15.1. The second-order valence-corrected chi connectivity index (χ2v) is 6.75. The molecule has 0 fully saturated rings. The first-order valence-electron chi connectivity index (χ1n) is 9.07. The number of rotatable bonds is 10. The molecule has 136 valence electrons. The van der Waals surface area contributed by atoms with Gasteiger partial charge in [-0.2, -0.15) is 5.10 Å². The van der Waals surface area contributed by atoms with Crippen LogP contribution in [0.15, 0.2) is 42.2 Å². The van der Waals surface area contributed by atoms with E-state index in [1.165, 1.54) is 11.0 Å². The molecule has 1 aromatic heterocycles. The van der Waals surface area contributed by atoms with Gasteiger partial charge in [0.25, 0.3) is 0 Å². The summed E-state index contributed by atoms with van der Waals surface area (Å²) in [7, 11) is 3.01. The number of H-pyrrole nitrogens is 1. The Morgan fingerprint density at radius 2 is 2.12 bits per heavy atom. The zero-order valence-corrected chi connectivity index (χ0v) is 16.6. The van der Waals surface area contributed by atoms with Crippen LogP contribution in [-0.4, -0.2) is 37.1 Å². The van der Waals surface area contributed by atoms with Crippen LogP contribution in [0.5, 0.6) is 0 Å². The maximum atomic E-state index is 4.13. The SMILES string of the molecule is C=Cc1cn[nH]c1/C(=C/NC(C)C(/C=C(\C)BC)=C/C(C)C)CNC. The number of likely N-dealkylation sites (N-methyl/N-ethyl adjacent to an activating group) is 1. The zero-order valence-electron chi connectivity index (χ0n) is 16.6. The molecule has 0 saturated carbocycles. The fraction of sp³-hybridized carbons (Fsp3) is 0.450. The predicted molar refractivity (Wildman–Crippen MR) is 113 cm³/mol. The summed E-state index contributed by atoms with van der Waals surface area (Å²) in [5.41, 5.74) is 5.85. The fourth-order valence-corrected chi connectivity index (χ4v) is 2.52. The minimum Gasteiger partial charge on any atom is -0.384 e. The Bertz CT molecular complexity index is 638. The van der Waals surface area contributed by atoms with Gasteiger partial charge in [0.15, 0.2) is 0 Å². The first-order valence-corrected chi connectivity index (χ1v) is 9.07. The maximum Gasteiger partial charge on any atom is 0.148 e. The van der Waals surface area contributed by atoms with Crippen molar-refractivity contribution < 1.29 is 0 Å². The van der Waals surface area contributed by atoms with Gasteiger partial charge >= 0.3 is 0 Å². The molecular formula is C20H33BN4. The smallest absolute Gasteiger partial charge is 0.148 e. The topological polar surface area (TPSA) is 52.7 Å². The van der Waals surface area contributed by atoms with Gasteiger partial charge in [-0.25, -0.2) is 0 Å². The normalized spacial score (nSPS) is 14.6. The van der Waals surface area contributed by atoms with Gasteiger partial charge in [-0.1, -0.05) is 52.4 Å². The van der Waals surface area contributed by atoms with E-state index in [2.05, 4.69) is 80.3 Å². The quantitative estimate of drug-likeness (QED) is 0.451. The molecule has 0 amide bonds. The van der Waals surface area contributed by atoms with Crippen molar-refractivity contribution in [1.29, 1.82) is 0 Å². The third kappa shape index (κ3) is 6.79. The Kier molecular flexibility index (Phi) is 9.07. The van der Waals surface area contributed by atoms with Gasteiger partial charge in [0.1, 0.15) is 7.28 Å². The van der Waals surface area contributed by atoms with Crippen molar-refractivity contribution in [1.82, 2.24) is 20.8 Å². The summed E-state index contributed by atoms with van der Waals surface area (Å²) in [5, 5.41) is 14.0. The van der Waals surface area contributed by atoms with E-state index in [4.69, 9.17) is 0 Å². The minimum atomic E-state index is 0.228. The molecule has 0 radical (unpaired) electrons. The highest BCUT2D eigenvalue weighted by Crippen LogP contribution is 2.17. The van der Waals surface area contributed by atoms with E-state index in [-0.39, 0.29) is 6.04 Å². The Hall–Kier alpha value is -2.01. The number of aromatic amines is 1. The van der Waals surface area contributed by atoms with Crippen molar-refractivity contribution in [3.8, 4) is 0 Å². The van der Waals surface area contributed by atoms with Gasteiger partial charge in [0.2, 0.25) is 0 Å². The lowest BCUT2D eigenvalue weighted by molar-refractivity contribution is 0.719. The molecule has 0 aliphatic rings. The van der Waals surface area contributed by atoms with Crippen LogP contribution in [0.1, 0.15) is 39.0 Å². The summed E-state index contributed by atoms with van der Waals surface area (Å²) in [6.07, 6.45) is 10.3. The highest BCUT2D eigenvalue weighted by Gasteiger charge is 2.10. The number of nitrogens with one attached hydrogen (secondary N) is 3. The number of allylic oxidation sites excluding steroid dienone is 2. The van der Waals surface area contributed by atoms with Crippen LogP contribution in [0.3, 0.4) is 0 Å². The molecule has 1 heterocycles. The lowest BCUT2D eigenvalue weighted by atomic mass is 9.72. The second-order valence-electron chi connectivity index (χ2n) is 6.75. The lowest BCUT2D eigenvalue weighted by Gasteiger charge is -2.17. The number of hydrogen-bond donors (Lipinski definition) is 3. The van der Waals surface area contributed by atoms with E-state index in [0.29, 0.717) is 5.92 Å². The van der Waals surface area contributed by atoms with Gasteiger partial charge in [-0.15, -0.1) is 5.47 Å². The Morgan fingerprint density at radius 1 is 1.40 bits per heavy atom. The van der Waals surface area contributed by atoms with E-state index in [0.717, 1.165) is 30.7 Å². The molecule has 0 spiro atoms. The molecule has 0 aliphatic carbocycles. The van der Waals surface area contributed by atoms with Crippen LogP contribution >= 0.6 is 0 Å². The van der Waals surface area contributed by atoms with Gasteiger partial charge in [-0.05, 0) is 25.5 Å². The molecule has 0 bridgehead atoms. The molecule has 4 nitrogen and oxygen atoms in total. The Morgan fingerprint density at radius 3 is 2.68 bits per heavy atom. The minimum absolute atomic E-state index is 0.228. The van der Waals surface area contributed by atoms with Crippen molar-refractivity contribution in [2.75, 3.05) is 13.6 Å². The van der Waals surface area contributed by atoms with Crippen LogP contribution in [0.2, 0.25) is 6.82 Å². The molecular weight excluding hydrogens is 307 g/mol. The van der Waals surface area contributed by atoms with Crippen LogP contribution in [-0.2, 0) is 0 Å². The molecule has 1 atom stereocenters. The molecule has 5 heteroatoms.